The highest BCUT2D eigenvalue weighted by Crippen LogP contribution is 2.38. The summed E-state index contributed by atoms with van der Waals surface area (Å²) in [7, 11) is 1.31. The number of carbonyl (C=O) groups is 2. The van der Waals surface area contributed by atoms with Crippen molar-refractivity contribution >= 4 is 34.3 Å². The van der Waals surface area contributed by atoms with E-state index in [1.54, 1.807) is 6.07 Å². The van der Waals surface area contributed by atoms with Crippen LogP contribution < -0.4 is 0 Å². The standard InChI is InChI=1S/C17H20ClNO3/c1-9(2)15(16(10(3)20)17(21)22-4)13-8-19-14-7-11(18)5-6-12(13)14/h5-9,15-16,19H,1-4H3/t15-,16+/m1/s1. The number of methoxy groups -OCH3 is 1. The zero-order valence-electron chi connectivity index (χ0n) is 13.1. The summed E-state index contributed by atoms with van der Waals surface area (Å²) >= 11 is 6.01. The lowest BCUT2D eigenvalue weighted by atomic mass is 9.76. The van der Waals surface area contributed by atoms with E-state index in [2.05, 4.69) is 4.98 Å². The lowest BCUT2D eigenvalue weighted by molar-refractivity contribution is -0.150. The van der Waals surface area contributed by atoms with Gasteiger partial charge in [-0.1, -0.05) is 31.5 Å². The Morgan fingerprint density at radius 3 is 2.50 bits per heavy atom. The summed E-state index contributed by atoms with van der Waals surface area (Å²) in [6.07, 6.45) is 1.85. The number of rotatable bonds is 5. The van der Waals surface area contributed by atoms with E-state index in [0.717, 1.165) is 16.5 Å². The van der Waals surface area contributed by atoms with E-state index in [0.29, 0.717) is 5.02 Å². The molecule has 0 radical (unpaired) electrons. The molecule has 0 aliphatic rings. The minimum atomic E-state index is -0.806. The van der Waals surface area contributed by atoms with Crippen LogP contribution in [-0.4, -0.2) is 23.8 Å². The molecular formula is C17H20ClNO3. The Morgan fingerprint density at radius 1 is 1.27 bits per heavy atom. The van der Waals surface area contributed by atoms with Crippen molar-refractivity contribution in [2.24, 2.45) is 11.8 Å². The number of ether oxygens (including phenoxy) is 1. The van der Waals surface area contributed by atoms with Crippen molar-refractivity contribution in [2.45, 2.75) is 26.7 Å². The third kappa shape index (κ3) is 3.02. The van der Waals surface area contributed by atoms with Crippen molar-refractivity contribution < 1.29 is 14.3 Å². The van der Waals surface area contributed by atoms with Crippen LogP contribution in [0.2, 0.25) is 5.02 Å². The van der Waals surface area contributed by atoms with Crippen LogP contribution in [0, 0.1) is 11.8 Å². The van der Waals surface area contributed by atoms with Crippen LogP contribution in [0.25, 0.3) is 10.9 Å². The molecule has 0 saturated carbocycles. The average molecular weight is 322 g/mol. The van der Waals surface area contributed by atoms with Crippen molar-refractivity contribution in [1.82, 2.24) is 4.98 Å². The first-order valence-corrected chi connectivity index (χ1v) is 7.59. The van der Waals surface area contributed by atoms with Gasteiger partial charge in [-0.3, -0.25) is 9.59 Å². The highest BCUT2D eigenvalue weighted by molar-refractivity contribution is 6.31. The smallest absolute Gasteiger partial charge is 0.316 e. The fourth-order valence-corrected chi connectivity index (χ4v) is 3.18. The number of ketones is 1. The quantitative estimate of drug-likeness (QED) is 0.670. The molecule has 0 bridgehead atoms. The summed E-state index contributed by atoms with van der Waals surface area (Å²) in [6, 6.07) is 5.55. The number of carbonyl (C=O) groups excluding carboxylic acids is 2. The number of benzene rings is 1. The molecule has 2 rings (SSSR count). The molecule has 0 saturated heterocycles. The van der Waals surface area contributed by atoms with Crippen LogP contribution in [0.1, 0.15) is 32.3 Å². The predicted octanol–water partition coefficient (Wildman–Crippen LogP) is 3.94. The van der Waals surface area contributed by atoms with Gasteiger partial charge >= 0.3 is 5.97 Å². The van der Waals surface area contributed by atoms with Gasteiger partial charge in [0.1, 0.15) is 11.7 Å². The van der Waals surface area contributed by atoms with Crippen molar-refractivity contribution in [3.63, 3.8) is 0 Å². The maximum Gasteiger partial charge on any atom is 0.316 e. The number of halogens is 1. The molecular weight excluding hydrogens is 302 g/mol. The second-order valence-corrected chi connectivity index (χ2v) is 6.25. The van der Waals surface area contributed by atoms with Crippen LogP contribution >= 0.6 is 11.6 Å². The molecule has 0 spiro atoms. The summed E-state index contributed by atoms with van der Waals surface area (Å²) in [6.45, 7) is 5.43. The molecule has 0 aliphatic carbocycles. The maximum absolute atomic E-state index is 12.1. The number of aromatic nitrogens is 1. The van der Waals surface area contributed by atoms with Crippen LogP contribution in [0.5, 0.6) is 0 Å². The Balaban J connectivity index is 2.59. The first-order chi connectivity index (χ1) is 10.4. The van der Waals surface area contributed by atoms with Crippen molar-refractivity contribution in [2.75, 3.05) is 7.11 Å². The molecule has 1 N–H and O–H groups in total. The van der Waals surface area contributed by atoms with Crippen molar-refractivity contribution in [3.05, 3.63) is 35.0 Å². The van der Waals surface area contributed by atoms with E-state index in [-0.39, 0.29) is 17.6 Å². The highest BCUT2D eigenvalue weighted by atomic mass is 35.5. The SMILES string of the molecule is COC(=O)[C@@H](C(C)=O)[C@@H](c1c[nH]c2cc(Cl)ccc12)C(C)C. The van der Waals surface area contributed by atoms with Gasteiger partial charge in [-0.2, -0.15) is 0 Å². The van der Waals surface area contributed by atoms with Gasteiger partial charge in [0.2, 0.25) is 0 Å². The van der Waals surface area contributed by atoms with Gasteiger partial charge in [-0.05, 0) is 30.5 Å². The number of fused-ring (bicyclic) bond motifs is 1. The van der Waals surface area contributed by atoms with Crippen LogP contribution in [0.3, 0.4) is 0 Å². The van der Waals surface area contributed by atoms with Gasteiger partial charge < -0.3 is 9.72 Å². The molecule has 1 aromatic heterocycles. The van der Waals surface area contributed by atoms with Gasteiger partial charge in [-0.25, -0.2) is 0 Å². The lowest BCUT2D eigenvalue weighted by Crippen LogP contribution is -2.32. The largest absolute Gasteiger partial charge is 0.468 e. The molecule has 22 heavy (non-hydrogen) atoms. The van der Waals surface area contributed by atoms with Crippen LogP contribution in [-0.2, 0) is 14.3 Å². The Kier molecular flexibility index (Phi) is 4.91. The molecule has 2 aromatic rings. The van der Waals surface area contributed by atoms with Gasteiger partial charge in [0.15, 0.2) is 0 Å². The molecule has 0 aliphatic heterocycles. The second kappa shape index (κ2) is 6.53. The molecule has 2 atom stereocenters. The molecule has 1 aromatic carbocycles. The Bertz CT molecular complexity index is 705. The summed E-state index contributed by atoms with van der Waals surface area (Å²) < 4.78 is 4.84. The van der Waals surface area contributed by atoms with Crippen molar-refractivity contribution in [3.8, 4) is 0 Å². The van der Waals surface area contributed by atoms with Gasteiger partial charge in [-0.15, -0.1) is 0 Å². The first-order valence-electron chi connectivity index (χ1n) is 7.21. The predicted molar refractivity (Wildman–Crippen MR) is 87.1 cm³/mol. The van der Waals surface area contributed by atoms with Gasteiger partial charge in [0, 0.05) is 28.0 Å². The third-order valence-corrected chi connectivity index (χ3v) is 4.24. The molecule has 4 nitrogen and oxygen atoms in total. The van der Waals surface area contributed by atoms with Crippen LogP contribution in [0.4, 0.5) is 0 Å². The number of nitrogens with one attached hydrogen (secondary N) is 1. The highest BCUT2D eigenvalue weighted by Gasteiger charge is 2.37. The lowest BCUT2D eigenvalue weighted by Gasteiger charge is -2.26. The van der Waals surface area contributed by atoms with Crippen LogP contribution in [0.15, 0.2) is 24.4 Å². The Hall–Kier alpha value is -1.81. The monoisotopic (exact) mass is 321 g/mol. The molecule has 5 heteroatoms. The van der Waals surface area contributed by atoms with E-state index in [4.69, 9.17) is 16.3 Å². The van der Waals surface area contributed by atoms with Gasteiger partial charge in [0.25, 0.3) is 0 Å². The fraction of sp³-hybridized carbons (Fsp3) is 0.412. The minimum absolute atomic E-state index is 0.0997. The number of esters is 1. The third-order valence-electron chi connectivity index (χ3n) is 4.01. The Morgan fingerprint density at radius 2 is 1.95 bits per heavy atom. The normalized spacial score (nSPS) is 14.1. The molecule has 0 amide bonds. The molecule has 1 heterocycles. The second-order valence-electron chi connectivity index (χ2n) is 5.82. The number of H-pyrrole nitrogens is 1. The first kappa shape index (κ1) is 16.6. The van der Waals surface area contributed by atoms with E-state index >= 15 is 0 Å². The zero-order valence-corrected chi connectivity index (χ0v) is 13.9. The van der Waals surface area contributed by atoms with E-state index in [1.807, 2.05) is 32.2 Å². The minimum Gasteiger partial charge on any atom is -0.468 e. The summed E-state index contributed by atoms with van der Waals surface area (Å²) in [5, 5.41) is 1.61. The summed E-state index contributed by atoms with van der Waals surface area (Å²) in [5.41, 5.74) is 1.83. The maximum atomic E-state index is 12.1. The van der Waals surface area contributed by atoms with E-state index < -0.39 is 11.9 Å². The molecule has 0 fully saturated rings. The van der Waals surface area contributed by atoms with Gasteiger partial charge in [0.05, 0.1) is 7.11 Å². The summed E-state index contributed by atoms with van der Waals surface area (Å²) in [4.78, 5) is 27.3. The fourth-order valence-electron chi connectivity index (χ4n) is 3.01. The van der Waals surface area contributed by atoms with Crippen molar-refractivity contribution in [1.29, 1.82) is 0 Å². The summed E-state index contributed by atoms with van der Waals surface area (Å²) in [5.74, 6) is -1.63. The average Bonchev–Trinajstić information content (AvgIpc) is 2.85. The number of hydrogen-bond acceptors (Lipinski definition) is 3. The number of aromatic amines is 1. The van der Waals surface area contributed by atoms with E-state index in [9.17, 15) is 9.59 Å². The Labute approximate surface area is 134 Å². The number of hydrogen-bond donors (Lipinski definition) is 1. The molecule has 0 unspecified atom stereocenters. The number of Topliss-reactive ketones (excluding diaryl/α,β-unsaturated/α-hetero) is 1. The zero-order chi connectivity index (χ0) is 16.4. The van der Waals surface area contributed by atoms with E-state index in [1.165, 1.54) is 14.0 Å². The topological polar surface area (TPSA) is 59.2 Å². The molecule has 118 valence electrons.